The van der Waals surface area contributed by atoms with Gasteiger partial charge in [-0.2, -0.15) is 0 Å². The van der Waals surface area contributed by atoms with Crippen LogP contribution in [0.2, 0.25) is 0 Å². The van der Waals surface area contributed by atoms with Crippen molar-refractivity contribution in [2.75, 3.05) is 20.3 Å². The zero-order valence-electron chi connectivity index (χ0n) is 10.2. The van der Waals surface area contributed by atoms with E-state index >= 15 is 0 Å². The first-order chi connectivity index (χ1) is 8.15. The van der Waals surface area contributed by atoms with Crippen LogP contribution >= 0.6 is 11.6 Å². The van der Waals surface area contributed by atoms with E-state index in [9.17, 15) is 4.79 Å². The summed E-state index contributed by atoms with van der Waals surface area (Å²) in [6.45, 7) is 2.73. The molecule has 0 saturated heterocycles. The third kappa shape index (κ3) is 4.75. The van der Waals surface area contributed by atoms with Gasteiger partial charge in [0.2, 0.25) is 5.91 Å². The van der Waals surface area contributed by atoms with Gasteiger partial charge in [-0.1, -0.05) is 30.3 Å². The molecule has 0 spiro atoms. The summed E-state index contributed by atoms with van der Waals surface area (Å²) in [7, 11) is 1.59. The SMILES string of the molecule is COCC(Cl)CNC(=O)C(C)c1ccccc1. The fourth-order valence-electron chi connectivity index (χ4n) is 1.50. The summed E-state index contributed by atoms with van der Waals surface area (Å²) in [6, 6.07) is 9.67. The molecule has 2 atom stereocenters. The molecule has 0 heterocycles. The Bertz CT molecular complexity index is 343. The van der Waals surface area contributed by atoms with Crippen molar-refractivity contribution < 1.29 is 9.53 Å². The van der Waals surface area contributed by atoms with E-state index in [1.54, 1.807) is 7.11 Å². The summed E-state index contributed by atoms with van der Waals surface area (Å²) in [5, 5.41) is 2.63. The number of rotatable bonds is 6. The van der Waals surface area contributed by atoms with Crippen LogP contribution in [-0.2, 0) is 9.53 Å². The highest BCUT2D eigenvalue weighted by atomic mass is 35.5. The minimum Gasteiger partial charge on any atom is -0.383 e. The van der Waals surface area contributed by atoms with Crippen molar-refractivity contribution in [1.29, 1.82) is 0 Å². The largest absolute Gasteiger partial charge is 0.383 e. The van der Waals surface area contributed by atoms with Crippen LogP contribution in [0.15, 0.2) is 30.3 Å². The van der Waals surface area contributed by atoms with Crippen LogP contribution in [0, 0.1) is 0 Å². The predicted molar refractivity (Wildman–Crippen MR) is 69.4 cm³/mol. The quantitative estimate of drug-likeness (QED) is 0.791. The van der Waals surface area contributed by atoms with E-state index < -0.39 is 0 Å². The van der Waals surface area contributed by atoms with E-state index in [1.807, 2.05) is 37.3 Å². The molecule has 17 heavy (non-hydrogen) atoms. The van der Waals surface area contributed by atoms with Gasteiger partial charge in [0.1, 0.15) is 0 Å². The Morgan fingerprint density at radius 2 is 2.06 bits per heavy atom. The van der Waals surface area contributed by atoms with E-state index in [4.69, 9.17) is 16.3 Å². The number of halogens is 1. The van der Waals surface area contributed by atoms with Crippen molar-refractivity contribution in [2.45, 2.75) is 18.2 Å². The molecule has 94 valence electrons. The van der Waals surface area contributed by atoms with Crippen LogP contribution in [0.25, 0.3) is 0 Å². The number of carbonyl (C=O) groups is 1. The van der Waals surface area contributed by atoms with Gasteiger partial charge in [0.15, 0.2) is 0 Å². The number of hydrogen-bond acceptors (Lipinski definition) is 2. The van der Waals surface area contributed by atoms with Gasteiger partial charge in [0, 0.05) is 13.7 Å². The molecule has 0 fully saturated rings. The molecule has 4 heteroatoms. The number of methoxy groups -OCH3 is 1. The van der Waals surface area contributed by atoms with Crippen molar-refractivity contribution in [3.63, 3.8) is 0 Å². The molecule has 1 aromatic rings. The van der Waals surface area contributed by atoms with Crippen LogP contribution in [-0.4, -0.2) is 31.5 Å². The van der Waals surface area contributed by atoms with Crippen LogP contribution in [0.3, 0.4) is 0 Å². The third-order valence-corrected chi connectivity index (χ3v) is 2.82. The lowest BCUT2D eigenvalue weighted by molar-refractivity contribution is -0.122. The van der Waals surface area contributed by atoms with Crippen molar-refractivity contribution in [2.24, 2.45) is 0 Å². The number of ether oxygens (including phenoxy) is 1. The minimum atomic E-state index is -0.188. The summed E-state index contributed by atoms with van der Waals surface area (Å²) in [6.07, 6.45) is 0. The van der Waals surface area contributed by atoms with E-state index in [0.29, 0.717) is 13.2 Å². The number of carbonyl (C=O) groups excluding carboxylic acids is 1. The smallest absolute Gasteiger partial charge is 0.227 e. The Labute approximate surface area is 107 Å². The Balaban J connectivity index is 2.43. The normalized spacial score (nSPS) is 14.1. The second-order valence-electron chi connectivity index (χ2n) is 3.93. The lowest BCUT2D eigenvalue weighted by atomic mass is 10.0. The van der Waals surface area contributed by atoms with Crippen LogP contribution in [0.1, 0.15) is 18.4 Å². The molecular formula is C13H18ClNO2. The Morgan fingerprint density at radius 1 is 1.41 bits per heavy atom. The molecule has 0 aliphatic rings. The fourth-order valence-corrected chi connectivity index (χ4v) is 1.70. The number of amides is 1. The topological polar surface area (TPSA) is 38.3 Å². The number of nitrogens with one attached hydrogen (secondary N) is 1. The zero-order chi connectivity index (χ0) is 12.7. The van der Waals surface area contributed by atoms with E-state index in [2.05, 4.69) is 5.32 Å². The molecule has 2 unspecified atom stereocenters. The Morgan fingerprint density at radius 3 is 2.65 bits per heavy atom. The van der Waals surface area contributed by atoms with Gasteiger partial charge in [0.05, 0.1) is 17.9 Å². The summed E-state index contributed by atoms with van der Waals surface area (Å²) in [5.74, 6) is -0.180. The highest BCUT2D eigenvalue weighted by Crippen LogP contribution is 2.14. The summed E-state index contributed by atoms with van der Waals surface area (Å²) >= 11 is 5.94. The second-order valence-corrected chi connectivity index (χ2v) is 4.55. The second kappa shape index (κ2) is 7.30. The van der Waals surface area contributed by atoms with Crippen molar-refractivity contribution in [3.05, 3.63) is 35.9 Å². The number of hydrogen-bond donors (Lipinski definition) is 1. The monoisotopic (exact) mass is 255 g/mol. The highest BCUT2D eigenvalue weighted by molar-refractivity contribution is 6.21. The molecule has 0 aliphatic heterocycles. The molecule has 0 saturated carbocycles. The molecular weight excluding hydrogens is 238 g/mol. The molecule has 0 aliphatic carbocycles. The van der Waals surface area contributed by atoms with Crippen molar-refractivity contribution in [3.8, 4) is 0 Å². The first-order valence-electron chi connectivity index (χ1n) is 5.60. The Hall–Kier alpha value is -1.06. The molecule has 1 aromatic carbocycles. The van der Waals surface area contributed by atoms with Gasteiger partial charge in [-0.15, -0.1) is 11.6 Å². The van der Waals surface area contributed by atoms with E-state index in [-0.39, 0.29) is 17.2 Å². The van der Waals surface area contributed by atoms with Crippen molar-refractivity contribution >= 4 is 17.5 Å². The first-order valence-corrected chi connectivity index (χ1v) is 6.04. The number of benzene rings is 1. The van der Waals surface area contributed by atoms with Gasteiger partial charge in [-0.3, -0.25) is 4.79 Å². The van der Waals surface area contributed by atoms with Gasteiger partial charge in [-0.05, 0) is 12.5 Å². The molecule has 1 rings (SSSR count). The Kier molecular flexibility index (Phi) is 6.01. The molecule has 0 bridgehead atoms. The maximum absolute atomic E-state index is 11.8. The number of alkyl halides is 1. The summed E-state index contributed by atoms with van der Waals surface area (Å²) in [4.78, 5) is 11.8. The van der Waals surface area contributed by atoms with Crippen LogP contribution < -0.4 is 5.32 Å². The average molecular weight is 256 g/mol. The van der Waals surface area contributed by atoms with E-state index in [1.165, 1.54) is 0 Å². The average Bonchev–Trinajstić information content (AvgIpc) is 2.36. The zero-order valence-corrected chi connectivity index (χ0v) is 10.9. The van der Waals surface area contributed by atoms with Crippen LogP contribution in [0.4, 0.5) is 0 Å². The third-order valence-electron chi connectivity index (χ3n) is 2.54. The summed E-state index contributed by atoms with van der Waals surface area (Å²) in [5.41, 5.74) is 1.00. The lowest BCUT2D eigenvalue weighted by Crippen LogP contribution is -2.34. The molecule has 1 amide bonds. The lowest BCUT2D eigenvalue weighted by Gasteiger charge is -2.14. The maximum Gasteiger partial charge on any atom is 0.227 e. The maximum atomic E-state index is 11.8. The molecule has 1 N–H and O–H groups in total. The van der Waals surface area contributed by atoms with Gasteiger partial charge in [-0.25, -0.2) is 0 Å². The standard InChI is InChI=1S/C13H18ClNO2/c1-10(11-6-4-3-5-7-11)13(16)15-8-12(14)9-17-2/h3-7,10,12H,8-9H2,1-2H3,(H,15,16). The highest BCUT2D eigenvalue weighted by Gasteiger charge is 2.15. The molecule has 0 radical (unpaired) electrons. The molecule has 0 aromatic heterocycles. The van der Waals surface area contributed by atoms with Gasteiger partial charge < -0.3 is 10.1 Å². The van der Waals surface area contributed by atoms with Gasteiger partial charge in [0.25, 0.3) is 0 Å². The first kappa shape index (κ1) is 14.0. The van der Waals surface area contributed by atoms with Crippen LogP contribution in [0.5, 0.6) is 0 Å². The van der Waals surface area contributed by atoms with Gasteiger partial charge >= 0.3 is 0 Å². The van der Waals surface area contributed by atoms with E-state index in [0.717, 1.165) is 5.56 Å². The summed E-state index contributed by atoms with van der Waals surface area (Å²) < 4.78 is 4.90. The predicted octanol–water partition coefficient (Wildman–Crippen LogP) is 2.16. The fraction of sp³-hybridized carbons (Fsp3) is 0.462. The van der Waals surface area contributed by atoms with Crippen molar-refractivity contribution in [1.82, 2.24) is 5.32 Å². The molecule has 3 nitrogen and oxygen atoms in total. The minimum absolute atomic E-state index is 0.0158.